The fourth-order valence-electron chi connectivity index (χ4n) is 6.61. The van der Waals surface area contributed by atoms with Crippen molar-refractivity contribution in [2.45, 2.75) is 63.5 Å². The Labute approximate surface area is 227 Å². The highest BCUT2D eigenvalue weighted by atomic mass is 16.2. The van der Waals surface area contributed by atoms with E-state index in [1.807, 2.05) is 32.9 Å². The molecule has 9 nitrogen and oxygen atoms in total. The Hall–Kier alpha value is -2.65. The second kappa shape index (κ2) is 12.5. The lowest BCUT2D eigenvalue weighted by molar-refractivity contribution is -0.137. The van der Waals surface area contributed by atoms with Crippen molar-refractivity contribution in [3.63, 3.8) is 0 Å². The summed E-state index contributed by atoms with van der Waals surface area (Å²) in [4.78, 5) is 49.5. The highest BCUT2D eigenvalue weighted by Crippen LogP contribution is 2.25. The first-order valence-corrected chi connectivity index (χ1v) is 14.6. The third-order valence-electron chi connectivity index (χ3n) is 9.04. The summed E-state index contributed by atoms with van der Waals surface area (Å²) in [6.07, 6.45) is 6.40. The van der Waals surface area contributed by atoms with Gasteiger partial charge in [0.1, 0.15) is 0 Å². The number of fused-ring (bicyclic) bond motifs is 1. The Kier molecular flexibility index (Phi) is 8.84. The number of para-hydroxylation sites is 1. The average molecular weight is 525 g/mol. The highest BCUT2D eigenvalue weighted by molar-refractivity contribution is 5.91. The summed E-state index contributed by atoms with van der Waals surface area (Å²) in [5.74, 6) is 0.173. The van der Waals surface area contributed by atoms with Crippen LogP contribution in [-0.2, 0) is 16.0 Å². The molecule has 0 aromatic heterocycles. The van der Waals surface area contributed by atoms with Crippen molar-refractivity contribution < 1.29 is 14.4 Å². The molecule has 0 saturated carbocycles. The van der Waals surface area contributed by atoms with E-state index in [-0.39, 0.29) is 30.3 Å². The molecule has 1 aromatic carbocycles. The topological polar surface area (TPSA) is 79.4 Å². The Morgan fingerprint density at radius 2 is 1.45 bits per heavy atom. The van der Waals surface area contributed by atoms with Gasteiger partial charge < -0.3 is 24.9 Å². The SMILES string of the molecule is CN1CCC(N2CCCN(C(=O)CCC(=O)N3CCC(N4CCc5ccccc5NC4=O)CC3)CC2)CC1. The number of carbonyl (C=O) groups is 3. The molecule has 0 radical (unpaired) electrons. The van der Waals surface area contributed by atoms with Crippen molar-refractivity contribution in [3.8, 4) is 0 Å². The Morgan fingerprint density at radius 1 is 0.789 bits per heavy atom. The number of benzene rings is 1. The van der Waals surface area contributed by atoms with Gasteiger partial charge in [-0.1, -0.05) is 18.2 Å². The van der Waals surface area contributed by atoms with Crippen LogP contribution in [0.15, 0.2) is 24.3 Å². The molecule has 208 valence electrons. The van der Waals surface area contributed by atoms with E-state index in [4.69, 9.17) is 0 Å². The van der Waals surface area contributed by atoms with Crippen LogP contribution in [0.1, 0.15) is 50.5 Å². The predicted molar refractivity (Wildman–Crippen MR) is 148 cm³/mol. The van der Waals surface area contributed by atoms with Crippen molar-refractivity contribution in [2.24, 2.45) is 0 Å². The van der Waals surface area contributed by atoms with Crippen LogP contribution < -0.4 is 5.32 Å². The molecule has 1 N–H and O–H groups in total. The molecule has 0 spiro atoms. The van der Waals surface area contributed by atoms with Gasteiger partial charge >= 0.3 is 6.03 Å². The molecule has 9 heteroatoms. The molecule has 0 bridgehead atoms. The minimum Gasteiger partial charge on any atom is -0.343 e. The number of hydrogen-bond acceptors (Lipinski definition) is 5. The molecule has 4 aliphatic rings. The normalized spacial score (nSPS) is 23.0. The fourth-order valence-corrected chi connectivity index (χ4v) is 6.61. The van der Waals surface area contributed by atoms with E-state index in [2.05, 4.69) is 28.2 Å². The monoisotopic (exact) mass is 524 g/mol. The Bertz CT molecular complexity index is 986. The van der Waals surface area contributed by atoms with Crippen molar-refractivity contribution in [3.05, 3.63) is 29.8 Å². The van der Waals surface area contributed by atoms with Gasteiger partial charge in [0.25, 0.3) is 0 Å². The first-order valence-electron chi connectivity index (χ1n) is 14.6. The van der Waals surface area contributed by atoms with Crippen LogP contribution in [0.25, 0.3) is 0 Å². The second-order valence-electron chi connectivity index (χ2n) is 11.4. The lowest BCUT2D eigenvalue weighted by Crippen LogP contribution is -2.50. The number of likely N-dealkylation sites (tertiary alicyclic amines) is 2. The first-order chi connectivity index (χ1) is 18.5. The van der Waals surface area contributed by atoms with Crippen LogP contribution in [0.2, 0.25) is 0 Å². The van der Waals surface area contributed by atoms with Crippen molar-refractivity contribution >= 4 is 23.5 Å². The number of hydrogen-bond donors (Lipinski definition) is 1. The predicted octanol–water partition coefficient (Wildman–Crippen LogP) is 2.48. The third-order valence-corrected chi connectivity index (χ3v) is 9.04. The summed E-state index contributed by atoms with van der Waals surface area (Å²) in [5.41, 5.74) is 2.07. The van der Waals surface area contributed by atoms with Crippen molar-refractivity contribution in [1.82, 2.24) is 24.5 Å². The van der Waals surface area contributed by atoms with Crippen molar-refractivity contribution in [2.75, 3.05) is 71.3 Å². The van der Waals surface area contributed by atoms with Crippen LogP contribution in [-0.4, -0.2) is 120 Å². The zero-order chi connectivity index (χ0) is 26.5. The minimum absolute atomic E-state index is 0.0443. The van der Waals surface area contributed by atoms with E-state index < -0.39 is 0 Å². The minimum atomic E-state index is -0.0443. The van der Waals surface area contributed by atoms with Gasteiger partial charge in [0.2, 0.25) is 11.8 Å². The quantitative estimate of drug-likeness (QED) is 0.640. The van der Waals surface area contributed by atoms with E-state index in [1.165, 1.54) is 18.4 Å². The summed E-state index contributed by atoms with van der Waals surface area (Å²) < 4.78 is 0. The number of anilines is 1. The average Bonchev–Trinajstić information content (AvgIpc) is 3.28. The van der Waals surface area contributed by atoms with Gasteiger partial charge in [0, 0.05) is 76.4 Å². The number of amides is 4. The van der Waals surface area contributed by atoms with E-state index in [0.29, 0.717) is 32.1 Å². The smallest absolute Gasteiger partial charge is 0.322 e. The number of carbonyl (C=O) groups excluding carboxylic acids is 3. The van der Waals surface area contributed by atoms with Crippen LogP contribution in [0.3, 0.4) is 0 Å². The van der Waals surface area contributed by atoms with Crippen LogP contribution in [0.5, 0.6) is 0 Å². The summed E-state index contributed by atoms with van der Waals surface area (Å²) >= 11 is 0. The number of urea groups is 1. The lowest BCUT2D eigenvalue weighted by Gasteiger charge is -2.38. The van der Waals surface area contributed by atoms with Gasteiger partial charge in [-0.15, -0.1) is 0 Å². The van der Waals surface area contributed by atoms with Gasteiger partial charge in [-0.2, -0.15) is 0 Å². The summed E-state index contributed by atoms with van der Waals surface area (Å²) in [6.45, 7) is 7.86. The number of nitrogens with zero attached hydrogens (tertiary/aromatic N) is 5. The summed E-state index contributed by atoms with van der Waals surface area (Å²) in [5, 5.41) is 3.05. The van der Waals surface area contributed by atoms with E-state index in [1.54, 1.807) is 0 Å². The van der Waals surface area contributed by atoms with Crippen LogP contribution in [0, 0.1) is 0 Å². The maximum absolute atomic E-state index is 13.0. The number of piperidine rings is 2. The maximum atomic E-state index is 13.0. The molecule has 4 amide bonds. The first kappa shape index (κ1) is 26.9. The van der Waals surface area contributed by atoms with Gasteiger partial charge in [0.05, 0.1) is 0 Å². The summed E-state index contributed by atoms with van der Waals surface area (Å²) in [6, 6.07) is 8.71. The highest BCUT2D eigenvalue weighted by Gasteiger charge is 2.32. The van der Waals surface area contributed by atoms with Crippen LogP contribution in [0.4, 0.5) is 10.5 Å². The lowest BCUT2D eigenvalue weighted by atomic mass is 10.0. The van der Waals surface area contributed by atoms with E-state index in [9.17, 15) is 14.4 Å². The molecule has 0 aliphatic carbocycles. The largest absolute Gasteiger partial charge is 0.343 e. The number of rotatable bonds is 5. The van der Waals surface area contributed by atoms with E-state index >= 15 is 0 Å². The Balaban J connectivity index is 1.03. The van der Waals surface area contributed by atoms with Crippen molar-refractivity contribution in [1.29, 1.82) is 0 Å². The summed E-state index contributed by atoms with van der Waals surface area (Å²) in [7, 11) is 2.19. The standard InChI is InChI=1S/C29H44N6O3/c1-31-16-10-24(11-17-31)32-14-4-15-33(22-21-32)27(36)7-8-28(37)34-18-12-25(13-19-34)35-20-9-23-5-2-3-6-26(23)30-29(35)38/h2-3,5-6,24-25H,4,7-22H2,1H3,(H,30,38). The number of nitrogens with one attached hydrogen (secondary N) is 1. The van der Waals surface area contributed by atoms with Gasteiger partial charge in [-0.05, 0) is 70.3 Å². The zero-order valence-corrected chi connectivity index (χ0v) is 22.9. The van der Waals surface area contributed by atoms with E-state index in [0.717, 1.165) is 70.6 Å². The molecule has 38 heavy (non-hydrogen) atoms. The second-order valence-corrected chi connectivity index (χ2v) is 11.4. The van der Waals surface area contributed by atoms with Gasteiger partial charge in [-0.25, -0.2) is 4.79 Å². The molecule has 3 saturated heterocycles. The zero-order valence-electron chi connectivity index (χ0n) is 22.9. The molecular weight excluding hydrogens is 480 g/mol. The molecule has 4 aliphatic heterocycles. The Morgan fingerprint density at radius 3 is 2.18 bits per heavy atom. The molecule has 5 rings (SSSR count). The molecular formula is C29H44N6O3. The van der Waals surface area contributed by atoms with Gasteiger partial charge in [-0.3, -0.25) is 14.5 Å². The van der Waals surface area contributed by atoms with Gasteiger partial charge in [0.15, 0.2) is 0 Å². The third kappa shape index (κ3) is 6.49. The van der Waals surface area contributed by atoms with Crippen LogP contribution >= 0.6 is 0 Å². The maximum Gasteiger partial charge on any atom is 0.322 e. The molecule has 0 atom stereocenters. The molecule has 3 fully saturated rings. The molecule has 0 unspecified atom stereocenters. The molecule has 4 heterocycles. The fraction of sp³-hybridized carbons (Fsp3) is 0.690. The molecule has 1 aromatic rings.